The Morgan fingerprint density at radius 1 is 0.391 bits per heavy atom. The van der Waals surface area contributed by atoms with Gasteiger partial charge in [0.1, 0.15) is 0 Å². The smallest absolute Gasteiger partial charge is 0.295 e. The zero-order chi connectivity index (χ0) is 30.3. The van der Waals surface area contributed by atoms with Crippen LogP contribution in [0.15, 0.2) is 146 Å². The first-order valence-corrected chi connectivity index (χ1v) is 16.7. The van der Waals surface area contributed by atoms with Crippen LogP contribution >= 0.6 is 34.0 Å². The molecule has 9 aromatic rings. The number of pyridine rings is 3. The quantitative estimate of drug-likeness (QED) is 0.167. The minimum absolute atomic E-state index is 0. The van der Waals surface area contributed by atoms with Gasteiger partial charge in [-0.1, -0.05) is 72.8 Å². The molecule has 0 aliphatic heterocycles. The summed E-state index contributed by atoms with van der Waals surface area (Å²) in [6.45, 7) is 0. The Labute approximate surface area is 293 Å². The first-order valence-electron chi connectivity index (χ1n) is 14.3. The van der Waals surface area contributed by atoms with E-state index in [9.17, 15) is 0 Å². The van der Waals surface area contributed by atoms with Gasteiger partial charge in [0.2, 0.25) is 0 Å². The number of aromatic nitrogens is 3. The van der Waals surface area contributed by atoms with Crippen LogP contribution in [-0.4, -0.2) is 15.0 Å². The fraction of sp³-hybridized carbons (Fsp3) is 0. The SMILES string of the molecule is [Ir+3].[c-]1cccnc1-c1cc2ccccc2s1.[c-]1cccnc1-c1cc2ccccc2s1.[c-]1cccnc1-c1cc2ccccc2s1. The topological polar surface area (TPSA) is 38.7 Å². The second kappa shape index (κ2) is 15.3. The third-order valence-electron chi connectivity index (χ3n) is 6.79. The van der Waals surface area contributed by atoms with Crippen LogP contribution in [0.5, 0.6) is 0 Å². The Bertz CT molecular complexity index is 1920. The summed E-state index contributed by atoms with van der Waals surface area (Å²) < 4.78 is 3.89. The molecule has 0 saturated carbocycles. The number of fused-ring (bicyclic) bond motifs is 3. The predicted octanol–water partition coefficient (Wildman–Crippen LogP) is 11.3. The Morgan fingerprint density at radius 3 is 0.957 bits per heavy atom. The van der Waals surface area contributed by atoms with Crippen molar-refractivity contribution in [1.29, 1.82) is 0 Å². The molecule has 0 radical (unpaired) electrons. The molecule has 6 aromatic heterocycles. The van der Waals surface area contributed by atoms with Crippen LogP contribution in [0.2, 0.25) is 0 Å². The molecule has 0 aliphatic rings. The van der Waals surface area contributed by atoms with E-state index in [1.54, 1.807) is 52.6 Å². The van der Waals surface area contributed by atoms with E-state index in [2.05, 4.69) is 124 Å². The summed E-state index contributed by atoms with van der Waals surface area (Å²) in [5.74, 6) is 0. The van der Waals surface area contributed by atoms with Gasteiger partial charge in [0.15, 0.2) is 0 Å². The molecule has 0 unspecified atom stereocenters. The average molecular weight is 823 g/mol. The van der Waals surface area contributed by atoms with Crippen LogP contribution in [0.25, 0.3) is 62.0 Å². The first-order chi connectivity index (χ1) is 22.3. The number of hydrogen-bond acceptors (Lipinski definition) is 6. The number of thiophene rings is 3. The second-order valence-electron chi connectivity index (χ2n) is 9.84. The minimum Gasteiger partial charge on any atom is -0.295 e. The van der Waals surface area contributed by atoms with Crippen molar-refractivity contribution in [2.24, 2.45) is 0 Å². The Hall–Kier alpha value is -4.36. The van der Waals surface area contributed by atoms with Crippen LogP contribution in [-0.2, 0) is 20.1 Å². The molecule has 0 saturated heterocycles. The summed E-state index contributed by atoms with van der Waals surface area (Å²) in [7, 11) is 0. The van der Waals surface area contributed by atoms with Gasteiger partial charge >= 0.3 is 20.1 Å². The van der Waals surface area contributed by atoms with E-state index in [0.29, 0.717) is 0 Å². The molecule has 46 heavy (non-hydrogen) atoms. The maximum absolute atomic E-state index is 4.30. The molecule has 0 bridgehead atoms. The van der Waals surface area contributed by atoms with Gasteiger partial charge in [0, 0.05) is 14.1 Å². The molecule has 0 fully saturated rings. The molecule has 9 rings (SSSR count). The van der Waals surface area contributed by atoms with Crippen LogP contribution in [0.4, 0.5) is 0 Å². The summed E-state index contributed by atoms with van der Waals surface area (Å²) >= 11 is 5.27. The zero-order valence-electron chi connectivity index (χ0n) is 24.3. The summed E-state index contributed by atoms with van der Waals surface area (Å²) in [5.41, 5.74) is 2.79. The number of nitrogens with zero attached hydrogens (tertiary/aromatic N) is 3. The van der Waals surface area contributed by atoms with E-state index in [4.69, 9.17) is 0 Å². The first kappa shape index (κ1) is 31.6. The molecule has 3 aromatic carbocycles. The molecular weight excluding hydrogens is 799 g/mol. The van der Waals surface area contributed by atoms with Gasteiger partial charge in [-0.2, -0.15) is 36.4 Å². The van der Waals surface area contributed by atoms with Crippen LogP contribution < -0.4 is 0 Å². The van der Waals surface area contributed by atoms with E-state index in [1.807, 2.05) is 36.4 Å². The van der Waals surface area contributed by atoms with Gasteiger partial charge in [-0.15, -0.1) is 18.2 Å². The van der Waals surface area contributed by atoms with Crippen molar-refractivity contribution in [3.63, 3.8) is 0 Å². The zero-order valence-corrected chi connectivity index (χ0v) is 29.1. The van der Waals surface area contributed by atoms with Crippen LogP contribution in [0.3, 0.4) is 0 Å². The average Bonchev–Trinajstić information content (AvgIpc) is 3.87. The summed E-state index contributed by atoms with van der Waals surface area (Å²) in [4.78, 5) is 16.4. The van der Waals surface area contributed by atoms with Gasteiger partial charge in [-0.05, 0) is 84.7 Å². The van der Waals surface area contributed by atoms with Gasteiger partial charge in [-0.25, -0.2) is 34.0 Å². The minimum atomic E-state index is 0. The molecular formula is C39H24IrN3S3. The fourth-order valence-electron chi connectivity index (χ4n) is 4.67. The van der Waals surface area contributed by atoms with Crippen molar-refractivity contribution < 1.29 is 20.1 Å². The summed E-state index contributed by atoms with van der Waals surface area (Å²) in [6.07, 6.45) is 5.41. The largest absolute Gasteiger partial charge is 3.00 e. The molecule has 0 spiro atoms. The molecule has 0 N–H and O–H groups in total. The van der Waals surface area contributed by atoms with Gasteiger partial charge in [0.25, 0.3) is 0 Å². The normalized spacial score (nSPS) is 10.4. The van der Waals surface area contributed by atoms with E-state index >= 15 is 0 Å². The molecule has 3 nitrogen and oxygen atoms in total. The van der Waals surface area contributed by atoms with E-state index < -0.39 is 0 Å². The molecule has 0 aliphatic carbocycles. The molecule has 222 valence electrons. The number of benzene rings is 3. The van der Waals surface area contributed by atoms with Crippen molar-refractivity contribution in [3.8, 4) is 31.7 Å². The predicted molar refractivity (Wildman–Crippen MR) is 192 cm³/mol. The number of hydrogen-bond donors (Lipinski definition) is 0. The van der Waals surface area contributed by atoms with Crippen LogP contribution in [0.1, 0.15) is 0 Å². The third kappa shape index (κ3) is 7.53. The van der Waals surface area contributed by atoms with Crippen molar-refractivity contribution in [3.05, 3.63) is 164 Å². The Balaban J connectivity index is 0.000000120. The Kier molecular flexibility index (Phi) is 10.5. The molecule has 0 amide bonds. The maximum atomic E-state index is 4.30. The Morgan fingerprint density at radius 2 is 0.696 bits per heavy atom. The molecule has 7 heteroatoms. The monoisotopic (exact) mass is 823 g/mol. The van der Waals surface area contributed by atoms with Gasteiger partial charge < -0.3 is 0 Å². The van der Waals surface area contributed by atoms with E-state index in [0.717, 1.165) is 17.1 Å². The van der Waals surface area contributed by atoms with Crippen molar-refractivity contribution in [1.82, 2.24) is 15.0 Å². The van der Waals surface area contributed by atoms with Crippen LogP contribution in [0, 0.1) is 18.2 Å². The number of rotatable bonds is 3. The summed E-state index contributed by atoms with van der Waals surface area (Å²) in [6, 6.07) is 52.4. The van der Waals surface area contributed by atoms with Crippen molar-refractivity contribution in [2.45, 2.75) is 0 Å². The summed E-state index contributed by atoms with van der Waals surface area (Å²) in [5, 5.41) is 3.82. The maximum Gasteiger partial charge on any atom is 3.00 e. The van der Waals surface area contributed by atoms with Gasteiger partial charge in [0.05, 0.1) is 0 Å². The molecule has 0 atom stereocenters. The van der Waals surface area contributed by atoms with Crippen molar-refractivity contribution in [2.75, 3.05) is 0 Å². The van der Waals surface area contributed by atoms with E-state index in [-0.39, 0.29) is 20.1 Å². The second-order valence-corrected chi connectivity index (χ2v) is 13.1. The van der Waals surface area contributed by atoms with E-state index in [1.165, 1.54) is 44.9 Å². The standard InChI is InChI=1S/3C13H8NS.Ir/c3*1-2-7-12-10(5-1)9-13(15-12)11-6-3-4-8-14-11;/h3*1-5,7-9H;/q3*-1;+3. The molecule has 6 heterocycles. The van der Waals surface area contributed by atoms with Crippen molar-refractivity contribution >= 4 is 64.3 Å². The fourth-order valence-corrected chi connectivity index (χ4v) is 7.74. The van der Waals surface area contributed by atoms with Gasteiger partial charge in [-0.3, -0.25) is 15.0 Å². The third-order valence-corrected chi connectivity index (χ3v) is 10.2.